The summed E-state index contributed by atoms with van der Waals surface area (Å²) in [6.45, 7) is 0. The van der Waals surface area contributed by atoms with Crippen molar-refractivity contribution in [1.82, 2.24) is 0 Å². The first kappa shape index (κ1) is 27.7. The minimum Gasteiger partial charge on any atom is -0.377 e. The smallest absolute Gasteiger partial charge is 0.377 e. The van der Waals surface area contributed by atoms with Crippen molar-refractivity contribution >= 4 is 5.69 Å². The van der Waals surface area contributed by atoms with Crippen LogP contribution in [0.2, 0.25) is 0 Å². The molecule has 0 amide bonds. The van der Waals surface area contributed by atoms with E-state index < -0.39 is 64.5 Å². The van der Waals surface area contributed by atoms with Crippen molar-refractivity contribution in [1.29, 1.82) is 0 Å². The number of hydrogen-bond acceptors (Lipinski definition) is 3. The first-order valence-corrected chi connectivity index (χ1v) is 7.81. The Morgan fingerprint density at radius 2 is 1.19 bits per heavy atom. The highest BCUT2D eigenvalue weighted by Crippen LogP contribution is 2.61. The summed E-state index contributed by atoms with van der Waals surface area (Å²) >= 11 is 0. The first-order chi connectivity index (χ1) is 14.1. The summed E-state index contributed by atoms with van der Waals surface area (Å²) in [6, 6.07) is 2.57. The number of benzene rings is 1. The number of alkyl halides is 13. The van der Waals surface area contributed by atoms with E-state index in [2.05, 4.69) is 4.74 Å². The fraction of sp³-hybridized carbons (Fsp3) is 0.600. The zero-order valence-electron chi connectivity index (χ0n) is 15.2. The van der Waals surface area contributed by atoms with Crippen LogP contribution in [0.5, 0.6) is 0 Å². The van der Waals surface area contributed by atoms with Gasteiger partial charge in [-0.1, -0.05) is 0 Å². The fourth-order valence-electron chi connectivity index (χ4n) is 2.31. The van der Waals surface area contributed by atoms with Crippen molar-refractivity contribution in [2.45, 2.75) is 48.3 Å². The maximum Gasteiger partial charge on any atom is 0.460 e. The minimum absolute atomic E-state index is 0.546. The molecule has 0 aliphatic carbocycles. The standard InChI is InChI=1S/C15H10F13NO3/c1-32-9(7-2-4-8(5-3-7)29(30)31)6-10(16,17)11(18,19)12(20,21)13(22,23)14(24,25)15(26,27)28/h2-5,9H,6H2,1H3. The minimum atomic E-state index is -7.99. The molecule has 1 atom stereocenters. The van der Waals surface area contributed by atoms with Crippen LogP contribution in [0.4, 0.5) is 62.8 Å². The molecule has 184 valence electrons. The second kappa shape index (κ2) is 8.22. The van der Waals surface area contributed by atoms with Crippen molar-refractivity contribution in [3.05, 3.63) is 39.9 Å². The third-order valence-corrected chi connectivity index (χ3v) is 4.20. The SMILES string of the molecule is COC(CC(F)(F)C(F)(F)C(F)(F)C(F)(F)C(F)(F)C(F)(F)F)c1ccc([N+](=O)[O-])cc1. The highest BCUT2D eigenvalue weighted by atomic mass is 19.4. The van der Waals surface area contributed by atoms with Crippen molar-refractivity contribution in [2.75, 3.05) is 7.11 Å². The Balaban J connectivity index is 3.38. The fourth-order valence-corrected chi connectivity index (χ4v) is 2.31. The van der Waals surface area contributed by atoms with Crippen LogP contribution < -0.4 is 0 Å². The molecule has 0 aliphatic rings. The highest BCUT2D eigenvalue weighted by Gasteiger charge is 2.90. The Morgan fingerprint density at radius 3 is 1.53 bits per heavy atom. The van der Waals surface area contributed by atoms with E-state index in [0.29, 0.717) is 31.4 Å². The molecule has 1 unspecified atom stereocenters. The van der Waals surface area contributed by atoms with Crippen LogP contribution in [0, 0.1) is 10.1 Å². The van der Waals surface area contributed by atoms with E-state index in [1.165, 1.54) is 0 Å². The summed E-state index contributed by atoms with van der Waals surface area (Å²) < 4.78 is 175. The van der Waals surface area contributed by atoms with Gasteiger partial charge in [0.15, 0.2) is 0 Å². The average Bonchev–Trinajstić information content (AvgIpc) is 2.64. The molecule has 0 N–H and O–H groups in total. The zero-order chi connectivity index (χ0) is 25.6. The largest absolute Gasteiger partial charge is 0.460 e. The van der Waals surface area contributed by atoms with E-state index in [1.54, 1.807) is 0 Å². The molecule has 17 heteroatoms. The van der Waals surface area contributed by atoms with Crippen LogP contribution in [0.1, 0.15) is 18.1 Å². The van der Waals surface area contributed by atoms with Gasteiger partial charge in [-0.05, 0) is 17.7 Å². The molecule has 1 aromatic carbocycles. The van der Waals surface area contributed by atoms with Gasteiger partial charge in [-0.2, -0.15) is 57.1 Å². The molecule has 0 bridgehead atoms. The Bertz CT molecular complexity index is 821. The second-order valence-corrected chi connectivity index (χ2v) is 6.28. The normalized spacial score (nSPS) is 15.6. The van der Waals surface area contributed by atoms with Crippen LogP contribution in [0.3, 0.4) is 0 Å². The Kier molecular flexibility index (Phi) is 7.12. The molecule has 32 heavy (non-hydrogen) atoms. The highest BCUT2D eigenvalue weighted by molar-refractivity contribution is 5.34. The monoisotopic (exact) mass is 499 g/mol. The Labute approximate surface area is 169 Å². The zero-order valence-corrected chi connectivity index (χ0v) is 15.2. The average molecular weight is 499 g/mol. The molecule has 0 saturated carbocycles. The first-order valence-electron chi connectivity index (χ1n) is 7.81. The Hall–Kier alpha value is -2.33. The van der Waals surface area contributed by atoms with Gasteiger partial charge in [0.05, 0.1) is 11.0 Å². The van der Waals surface area contributed by atoms with E-state index in [1.807, 2.05) is 0 Å². The lowest BCUT2D eigenvalue weighted by Crippen LogP contribution is -2.70. The van der Waals surface area contributed by atoms with Gasteiger partial charge in [0.25, 0.3) is 5.69 Å². The van der Waals surface area contributed by atoms with Crippen molar-refractivity contribution < 1.29 is 66.7 Å². The number of nitrogens with zero attached hydrogens (tertiary/aromatic N) is 1. The van der Waals surface area contributed by atoms with Gasteiger partial charge in [0, 0.05) is 25.7 Å². The van der Waals surface area contributed by atoms with Gasteiger partial charge in [-0.25, -0.2) is 0 Å². The molecule has 0 aromatic heterocycles. The van der Waals surface area contributed by atoms with Crippen LogP contribution in [0.15, 0.2) is 24.3 Å². The summed E-state index contributed by atoms with van der Waals surface area (Å²) in [7, 11) is 0.546. The third kappa shape index (κ3) is 4.30. The number of hydrogen-bond donors (Lipinski definition) is 0. The van der Waals surface area contributed by atoms with Crippen molar-refractivity contribution in [3.63, 3.8) is 0 Å². The summed E-state index contributed by atoms with van der Waals surface area (Å²) in [4.78, 5) is 9.55. The molecule has 1 aromatic rings. The van der Waals surface area contributed by atoms with Crippen LogP contribution in [-0.2, 0) is 4.74 Å². The van der Waals surface area contributed by atoms with Gasteiger partial charge in [0.2, 0.25) is 0 Å². The van der Waals surface area contributed by atoms with Crippen molar-refractivity contribution in [2.24, 2.45) is 0 Å². The molecule has 0 fully saturated rings. The van der Waals surface area contributed by atoms with E-state index in [4.69, 9.17) is 0 Å². The van der Waals surface area contributed by atoms with Gasteiger partial charge in [-0.15, -0.1) is 0 Å². The van der Waals surface area contributed by atoms with Gasteiger partial charge in [-0.3, -0.25) is 10.1 Å². The number of methoxy groups -OCH3 is 1. The van der Waals surface area contributed by atoms with Crippen LogP contribution >= 0.6 is 0 Å². The maximum absolute atomic E-state index is 14.0. The summed E-state index contributed by atoms with van der Waals surface area (Å²) in [5.74, 6) is -37.4. The molecule has 0 spiro atoms. The topological polar surface area (TPSA) is 52.4 Å². The van der Waals surface area contributed by atoms with Gasteiger partial charge >= 0.3 is 35.8 Å². The maximum atomic E-state index is 14.0. The Morgan fingerprint density at radius 1 is 0.781 bits per heavy atom. The number of halogens is 13. The van der Waals surface area contributed by atoms with E-state index in [9.17, 15) is 67.2 Å². The summed E-state index contributed by atoms with van der Waals surface area (Å²) in [5.41, 5.74) is -1.23. The predicted octanol–water partition coefficient (Wildman–Crippen LogP) is 6.41. The van der Waals surface area contributed by atoms with Crippen LogP contribution in [0.25, 0.3) is 0 Å². The second-order valence-electron chi connectivity index (χ2n) is 6.28. The number of ether oxygens (including phenoxy) is 1. The quantitative estimate of drug-likeness (QED) is 0.224. The van der Waals surface area contributed by atoms with Crippen LogP contribution in [-0.4, -0.2) is 47.8 Å². The number of non-ortho nitro benzene ring substituents is 1. The molecule has 0 heterocycles. The van der Waals surface area contributed by atoms with E-state index in [-0.39, 0.29) is 0 Å². The number of nitro groups is 1. The van der Waals surface area contributed by atoms with E-state index >= 15 is 0 Å². The molecular formula is C15H10F13NO3. The lowest BCUT2D eigenvalue weighted by atomic mass is 9.90. The third-order valence-electron chi connectivity index (χ3n) is 4.20. The van der Waals surface area contributed by atoms with Gasteiger partial charge < -0.3 is 4.74 Å². The lowest BCUT2D eigenvalue weighted by molar-refractivity contribution is -0.440. The molecule has 4 nitrogen and oxygen atoms in total. The number of rotatable bonds is 9. The molecule has 0 aliphatic heterocycles. The summed E-state index contributed by atoms with van der Waals surface area (Å²) in [5, 5.41) is 10.5. The molecule has 1 rings (SSSR count). The molecular weight excluding hydrogens is 489 g/mol. The van der Waals surface area contributed by atoms with Crippen molar-refractivity contribution in [3.8, 4) is 0 Å². The van der Waals surface area contributed by atoms with E-state index in [0.717, 1.165) is 0 Å². The molecule has 0 saturated heterocycles. The number of nitro benzene ring substituents is 1. The van der Waals surface area contributed by atoms with Gasteiger partial charge in [0.1, 0.15) is 0 Å². The summed E-state index contributed by atoms with van der Waals surface area (Å²) in [6.07, 6.45) is -12.4. The predicted molar refractivity (Wildman–Crippen MR) is 78.3 cm³/mol. The lowest BCUT2D eigenvalue weighted by Gasteiger charge is -2.40. The molecule has 0 radical (unpaired) electrons.